The molecule has 0 unspecified atom stereocenters. The first-order valence-electron chi connectivity index (χ1n) is 7.79. The molecule has 1 aromatic heterocycles. The molecule has 1 aromatic rings. The van der Waals surface area contributed by atoms with E-state index in [1.807, 2.05) is 11.9 Å². The van der Waals surface area contributed by atoms with Gasteiger partial charge in [0.2, 0.25) is 5.88 Å². The molecule has 7 heteroatoms. The van der Waals surface area contributed by atoms with Gasteiger partial charge in [-0.2, -0.15) is 5.10 Å². The highest BCUT2D eigenvalue weighted by molar-refractivity contribution is 6.01. The molecule has 0 radical (unpaired) electrons. The van der Waals surface area contributed by atoms with Crippen molar-refractivity contribution in [2.75, 3.05) is 13.1 Å². The summed E-state index contributed by atoms with van der Waals surface area (Å²) in [6.45, 7) is 3.60. The van der Waals surface area contributed by atoms with Crippen LogP contribution in [-0.2, 0) is 14.1 Å². The quantitative estimate of drug-likeness (QED) is 0.837. The Hall–Kier alpha value is -2.05. The summed E-state index contributed by atoms with van der Waals surface area (Å²) < 4.78 is 2.08. The molecule has 1 fully saturated rings. The standard InChI is InChI=1S/C15H24N4O3/c1-4-11(16-19-9-7-5-6-8-10-19)12-13(20)17(2)15(22)18(3)14(12)21/h20H,4-10H2,1-3H3. The van der Waals surface area contributed by atoms with Crippen molar-refractivity contribution >= 4 is 5.71 Å². The molecule has 2 rings (SSSR count). The first kappa shape index (κ1) is 16.3. The van der Waals surface area contributed by atoms with Gasteiger partial charge in [-0.3, -0.25) is 18.9 Å². The van der Waals surface area contributed by atoms with Crippen LogP contribution in [0.15, 0.2) is 14.7 Å². The fraction of sp³-hybridized carbons (Fsp3) is 0.667. The van der Waals surface area contributed by atoms with Gasteiger partial charge in [0.05, 0.1) is 5.71 Å². The Kier molecular flexibility index (Phi) is 5.05. The van der Waals surface area contributed by atoms with Crippen LogP contribution in [-0.4, -0.2) is 38.1 Å². The summed E-state index contributed by atoms with van der Waals surface area (Å²) in [7, 11) is 2.85. The predicted molar refractivity (Wildman–Crippen MR) is 85.5 cm³/mol. The molecule has 1 aliphatic heterocycles. The zero-order valence-electron chi connectivity index (χ0n) is 13.5. The smallest absolute Gasteiger partial charge is 0.333 e. The Balaban J connectivity index is 2.52. The van der Waals surface area contributed by atoms with Crippen molar-refractivity contribution in [3.05, 3.63) is 26.4 Å². The van der Waals surface area contributed by atoms with Gasteiger partial charge >= 0.3 is 5.69 Å². The van der Waals surface area contributed by atoms with Crippen molar-refractivity contribution in [2.45, 2.75) is 39.0 Å². The second-order valence-corrected chi connectivity index (χ2v) is 5.67. The Morgan fingerprint density at radius 2 is 1.68 bits per heavy atom. The lowest BCUT2D eigenvalue weighted by Crippen LogP contribution is -2.40. The summed E-state index contributed by atoms with van der Waals surface area (Å²) in [6, 6.07) is 0. The third-order valence-corrected chi connectivity index (χ3v) is 4.10. The van der Waals surface area contributed by atoms with Crippen molar-refractivity contribution in [1.29, 1.82) is 0 Å². The molecule has 22 heavy (non-hydrogen) atoms. The van der Waals surface area contributed by atoms with E-state index in [2.05, 4.69) is 5.10 Å². The lowest BCUT2D eigenvalue weighted by molar-refractivity contribution is 0.300. The molecule has 0 bridgehead atoms. The van der Waals surface area contributed by atoms with Crippen molar-refractivity contribution in [3.63, 3.8) is 0 Å². The molecule has 2 heterocycles. The minimum Gasteiger partial charge on any atom is -0.494 e. The molecule has 0 amide bonds. The van der Waals surface area contributed by atoms with Crippen LogP contribution in [0.1, 0.15) is 44.6 Å². The van der Waals surface area contributed by atoms with E-state index in [1.165, 1.54) is 26.9 Å². The van der Waals surface area contributed by atoms with Gasteiger partial charge in [0.1, 0.15) is 5.56 Å². The summed E-state index contributed by atoms with van der Waals surface area (Å²) in [5.41, 5.74) is -0.403. The highest BCUT2D eigenvalue weighted by Gasteiger charge is 2.20. The Morgan fingerprint density at radius 3 is 2.23 bits per heavy atom. The van der Waals surface area contributed by atoms with E-state index < -0.39 is 11.2 Å². The molecule has 1 saturated heterocycles. The van der Waals surface area contributed by atoms with Crippen LogP contribution in [0.25, 0.3) is 0 Å². The van der Waals surface area contributed by atoms with E-state index in [1.54, 1.807) is 0 Å². The molecule has 1 aliphatic rings. The molecular formula is C15H24N4O3. The van der Waals surface area contributed by atoms with E-state index in [0.29, 0.717) is 12.1 Å². The maximum Gasteiger partial charge on any atom is 0.333 e. The second kappa shape index (κ2) is 6.81. The third kappa shape index (κ3) is 3.08. The van der Waals surface area contributed by atoms with Crippen LogP contribution in [0, 0.1) is 0 Å². The lowest BCUT2D eigenvalue weighted by atomic mass is 10.1. The number of nitrogens with zero attached hydrogens (tertiary/aromatic N) is 4. The summed E-state index contributed by atoms with van der Waals surface area (Å²) >= 11 is 0. The SMILES string of the molecule is CCC(=NN1CCCCCC1)c1c(O)n(C)c(=O)n(C)c1=O. The van der Waals surface area contributed by atoms with Gasteiger partial charge < -0.3 is 5.11 Å². The van der Waals surface area contributed by atoms with Crippen LogP contribution in [0.3, 0.4) is 0 Å². The van der Waals surface area contributed by atoms with Gasteiger partial charge in [0.15, 0.2) is 0 Å². The fourth-order valence-corrected chi connectivity index (χ4v) is 2.71. The minimum absolute atomic E-state index is 0.122. The van der Waals surface area contributed by atoms with Gasteiger partial charge in [-0.15, -0.1) is 0 Å². The van der Waals surface area contributed by atoms with Crippen LogP contribution < -0.4 is 11.2 Å². The average molecular weight is 308 g/mol. The highest BCUT2D eigenvalue weighted by Crippen LogP contribution is 2.15. The predicted octanol–water partition coefficient (Wildman–Crippen LogP) is 0.780. The monoisotopic (exact) mass is 308 g/mol. The number of rotatable bonds is 3. The molecule has 7 nitrogen and oxygen atoms in total. The lowest BCUT2D eigenvalue weighted by Gasteiger charge is -2.19. The van der Waals surface area contributed by atoms with Gasteiger partial charge in [-0.25, -0.2) is 4.79 Å². The van der Waals surface area contributed by atoms with Crippen molar-refractivity contribution in [2.24, 2.45) is 19.2 Å². The third-order valence-electron chi connectivity index (χ3n) is 4.10. The Morgan fingerprint density at radius 1 is 1.09 bits per heavy atom. The van der Waals surface area contributed by atoms with E-state index >= 15 is 0 Å². The van der Waals surface area contributed by atoms with E-state index in [4.69, 9.17) is 0 Å². The Labute approximate surface area is 129 Å². The number of hydrazone groups is 1. The molecule has 122 valence electrons. The average Bonchev–Trinajstić information content (AvgIpc) is 2.78. The van der Waals surface area contributed by atoms with Crippen molar-refractivity contribution in [1.82, 2.24) is 14.1 Å². The van der Waals surface area contributed by atoms with Gasteiger partial charge in [0, 0.05) is 27.2 Å². The zero-order valence-corrected chi connectivity index (χ0v) is 13.5. The normalized spacial score (nSPS) is 16.7. The van der Waals surface area contributed by atoms with E-state index in [0.717, 1.165) is 35.1 Å². The molecule has 0 spiro atoms. The van der Waals surface area contributed by atoms with Crippen molar-refractivity contribution < 1.29 is 5.11 Å². The van der Waals surface area contributed by atoms with Crippen LogP contribution in [0.5, 0.6) is 5.88 Å². The largest absolute Gasteiger partial charge is 0.494 e. The summed E-state index contributed by atoms with van der Waals surface area (Å²) in [6.07, 6.45) is 5.06. The molecule has 0 atom stereocenters. The minimum atomic E-state index is -0.545. The van der Waals surface area contributed by atoms with Gasteiger partial charge in [-0.05, 0) is 19.3 Å². The van der Waals surface area contributed by atoms with Gasteiger partial charge in [0.25, 0.3) is 5.56 Å². The summed E-state index contributed by atoms with van der Waals surface area (Å²) in [5.74, 6) is -0.316. The van der Waals surface area contributed by atoms with Crippen molar-refractivity contribution in [3.8, 4) is 5.88 Å². The molecule has 0 saturated carbocycles. The van der Waals surface area contributed by atoms with Crippen LogP contribution >= 0.6 is 0 Å². The maximum atomic E-state index is 12.4. The number of hydrogen-bond donors (Lipinski definition) is 1. The number of aromatic hydroxyl groups is 1. The topological polar surface area (TPSA) is 79.8 Å². The Bertz CT molecular complexity index is 679. The first-order valence-corrected chi connectivity index (χ1v) is 7.79. The molecule has 0 aromatic carbocycles. The molecule has 0 aliphatic carbocycles. The van der Waals surface area contributed by atoms with E-state index in [9.17, 15) is 14.7 Å². The molecular weight excluding hydrogens is 284 g/mol. The van der Waals surface area contributed by atoms with E-state index in [-0.39, 0.29) is 11.4 Å². The van der Waals surface area contributed by atoms with Crippen LogP contribution in [0.2, 0.25) is 0 Å². The first-order chi connectivity index (χ1) is 10.5. The summed E-state index contributed by atoms with van der Waals surface area (Å²) in [4.78, 5) is 24.2. The molecule has 1 N–H and O–H groups in total. The van der Waals surface area contributed by atoms with Crippen LogP contribution in [0.4, 0.5) is 0 Å². The fourth-order valence-electron chi connectivity index (χ4n) is 2.71. The summed E-state index contributed by atoms with van der Waals surface area (Å²) in [5, 5.41) is 16.8. The number of hydrogen-bond acceptors (Lipinski definition) is 5. The highest BCUT2D eigenvalue weighted by atomic mass is 16.3. The van der Waals surface area contributed by atoms with Gasteiger partial charge in [-0.1, -0.05) is 19.8 Å². The zero-order chi connectivity index (χ0) is 16.3. The second-order valence-electron chi connectivity index (χ2n) is 5.67. The number of aromatic nitrogens is 2. The maximum absolute atomic E-state index is 12.4.